The van der Waals surface area contributed by atoms with Gasteiger partial charge in [0.25, 0.3) is 5.56 Å². The van der Waals surface area contributed by atoms with Crippen LogP contribution in [0.1, 0.15) is 11.3 Å². The lowest BCUT2D eigenvalue weighted by atomic mass is 10.2. The van der Waals surface area contributed by atoms with Crippen molar-refractivity contribution in [1.29, 1.82) is 0 Å². The predicted octanol–water partition coefficient (Wildman–Crippen LogP) is 1.14. The lowest BCUT2D eigenvalue weighted by Crippen LogP contribution is -2.21. The molecule has 2 rings (SSSR count). The number of benzene rings is 1. The fourth-order valence-corrected chi connectivity index (χ4v) is 1.90. The third-order valence-electron chi connectivity index (χ3n) is 2.92. The number of para-hydroxylation sites is 1. The van der Waals surface area contributed by atoms with Gasteiger partial charge in [0.15, 0.2) is 0 Å². The van der Waals surface area contributed by atoms with Gasteiger partial charge in [0.2, 0.25) is 6.29 Å². The molecule has 0 saturated carbocycles. The van der Waals surface area contributed by atoms with Crippen LogP contribution in [0.2, 0.25) is 0 Å². The smallest absolute Gasteiger partial charge is 0.275 e. The highest BCUT2D eigenvalue weighted by Gasteiger charge is 2.15. The fourth-order valence-electron chi connectivity index (χ4n) is 1.90. The summed E-state index contributed by atoms with van der Waals surface area (Å²) in [4.78, 5) is 22.6. The van der Waals surface area contributed by atoms with Crippen LogP contribution < -0.4 is 5.56 Å². The monoisotopic (exact) mass is 229 g/mol. The van der Waals surface area contributed by atoms with Crippen LogP contribution in [0, 0.1) is 6.92 Å². The highest BCUT2D eigenvalue weighted by Crippen LogP contribution is 2.09. The van der Waals surface area contributed by atoms with Crippen LogP contribution >= 0.6 is 0 Å². The zero-order valence-corrected chi connectivity index (χ0v) is 9.80. The summed E-state index contributed by atoms with van der Waals surface area (Å²) in [6.45, 7) is 1.83. The van der Waals surface area contributed by atoms with Crippen molar-refractivity contribution in [3.8, 4) is 5.69 Å². The first-order valence-corrected chi connectivity index (χ1v) is 5.34. The molecule has 4 nitrogen and oxygen atoms in total. The van der Waals surface area contributed by atoms with Crippen LogP contribution in [0.4, 0.5) is 0 Å². The molecule has 0 N–H and O–H groups in total. The van der Waals surface area contributed by atoms with E-state index in [-0.39, 0.29) is 12.0 Å². The van der Waals surface area contributed by atoms with Gasteiger partial charge in [0.05, 0.1) is 5.69 Å². The molecule has 0 aliphatic rings. The van der Waals surface area contributed by atoms with Gasteiger partial charge < -0.3 is 0 Å². The summed E-state index contributed by atoms with van der Waals surface area (Å²) in [5.41, 5.74) is 1.94. The van der Waals surface area contributed by atoms with E-state index in [1.807, 2.05) is 37.3 Å². The number of aromatic nitrogens is 2. The van der Waals surface area contributed by atoms with Gasteiger partial charge in [-0.15, -0.1) is 0 Å². The normalized spacial score (nSPS) is 10.5. The van der Waals surface area contributed by atoms with Gasteiger partial charge in [-0.25, -0.2) is 4.68 Å². The van der Waals surface area contributed by atoms with E-state index in [1.165, 1.54) is 0 Å². The van der Waals surface area contributed by atoms with E-state index in [0.29, 0.717) is 5.56 Å². The van der Waals surface area contributed by atoms with Crippen molar-refractivity contribution in [3.63, 3.8) is 0 Å². The fraction of sp³-hybridized carbons (Fsp3) is 0.231. The minimum Gasteiger partial charge on any atom is -0.291 e. The number of nitrogens with zero attached hydrogens (tertiary/aromatic N) is 2. The van der Waals surface area contributed by atoms with E-state index in [0.717, 1.165) is 11.4 Å². The molecule has 0 saturated heterocycles. The Labute approximate surface area is 99.1 Å². The second-order valence-electron chi connectivity index (χ2n) is 3.86. The molecule has 0 aliphatic carbocycles. The topological polar surface area (TPSA) is 44.0 Å². The van der Waals surface area contributed by atoms with E-state index in [9.17, 15) is 9.59 Å². The minimum atomic E-state index is -0.153. The molecule has 0 fully saturated rings. The van der Waals surface area contributed by atoms with E-state index in [2.05, 4.69) is 0 Å². The number of hydrogen-bond acceptors (Lipinski definition) is 2. The van der Waals surface area contributed by atoms with Crippen LogP contribution in [0.15, 0.2) is 35.1 Å². The maximum absolute atomic E-state index is 12.2. The Kier molecular flexibility index (Phi) is 2.95. The van der Waals surface area contributed by atoms with E-state index >= 15 is 0 Å². The molecule has 0 bridgehead atoms. The summed E-state index contributed by atoms with van der Waals surface area (Å²) in [5.74, 6) is 0. The van der Waals surface area contributed by atoms with Crippen molar-refractivity contribution in [1.82, 2.24) is 9.36 Å². The average Bonchev–Trinajstić information content (AvgIpc) is 2.55. The Bertz CT molecular complexity index is 594. The molecule has 4 heteroatoms. The Morgan fingerprint density at radius 2 is 1.88 bits per heavy atom. The average molecular weight is 229 g/mol. The molecule has 1 radical (unpaired) electrons. The molecule has 1 aromatic heterocycles. The predicted molar refractivity (Wildman–Crippen MR) is 65.1 cm³/mol. The van der Waals surface area contributed by atoms with Gasteiger partial charge >= 0.3 is 0 Å². The lowest BCUT2D eigenvalue weighted by Gasteiger charge is -2.07. The van der Waals surface area contributed by atoms with E-state index in [1.54, 1.807) is 22.7 Å². The van der Waals surface area contributed by atoms with Crippen molar-refractivity contribution in [2.45, 2.75) is 13.3 Å². The van der Waals surface area contributed by atoms with Crippen LogP contribution in [-0.4, -0.2) is 15.6 Å². The second kappa shape index (κ2) is 4.41. The molecule has 0 atom stereocenters. The maximum Gasteiger partial charge on any atom is 0.275 e. The zero-order valence-electron chi connectivity index (χ0n) is 9.80. The van der Waals surface area contributed by atoms with Gasteiger partial charge in [-0.05, 0) is 19.1 Å². The summed E-state index contributed by atoms with van der Waals surface area (Å²) in [7, 11) is 1.80. The molecule has 1 heterocycles. The summed E-state index contributed by atoms with van der Waals surface area (Å²) < 4.78 is 3.31. The lowest BCUT2D eigenvalue weighted by molar-refractivity contribution is 0.555. The third kappa shape index (κ3) is 1.82. The van der Waals surface area contributed by atoms with Crippen molar-refractivity contribution < 1.29 is 4.79 Å². The van der Waals surface area contributed by atoms with Crippen LogP contribution in [0.3, 0.4) is 0 Å². The number of rotatable bonds is 3. The van der Waals surface area contributed by atoms with Gasteiger partial charge in [-0.3, -0.25) is 14.3 Å². The SMILES string of the molecule is Cc1c(C[C]=O)c(=O)n(-c2ccccc2)n1C. The quantitative estimate of drug-likeness (QED) is 0.792. The summed E-state index contributed by atoms with van der Waals surface area (Å²) in [6.07, 6.45) is 1.82. The van der Waals surface area contributed by atoms with E-state index < -0.39 is 0 Å². The summed E-state index contributed by atoms with van der Waals surface area (Å²) in [5, 5.41) is 0. The first-order valence-electron chi connectivity index (χ1n) is 5.34. The molecule has 87 valence electrons. The Hall–Kier alpha value is -2.10. The van der Waals surface area contributed by atoms with Gasteiger partial charge in [0.1, 0.15) is 0 Å². The summed E-state index contributed by atoms with van der Waals surface area (Å²) >= 11 is 0. The molecule has 0 aliphatic heterocycles. The first kappa shape index (κ1) is 11.4. The largest absolute Gasteiger partial charge is 0.291 e. The standard InChI is InChI=1S/C13H13N2O2/c1-10-12(8-9-16)13(17)15(14(10)2)11-6-4-3-5-7-11/h3-7H,8H2,1-2H3. The second-order valence-corrected chi connectivity index (χ2v) is 3.86. The maximum atomic E-state index is 12.2. The Balaban J connectivity index is 2.68. The molecule has 0 spiro atoms. The molecule has 2 aromatic rings. The first-order chi connectivity index (χ1) is 8.16. The van der Waals surface area contributed by atoms with Gasteiger partial charge in [-0.2, -0.15) is 0 Å². The Morgan fingerprint density at radius 3 is 2.47 bits per heavy atom. The zero-order chi connectivity index (χ0) is 12.4. The van der Waals surface area contributed by atoms with Crippen LogP contribution in [-0.2, 0) is 18.3 Å². The minimum absolute atomic E-state index is 0.0400. The van der Waals surface area contributed by atoms with Crippen LogP contribution in [0.25, 0.3) is 5.69 Å². The number of hydrogen-bond donors (Lipinski definition) is 0. The van der Waals surface area contributed by atoms with Crippen molar-refractivity contribution in [2.24, 2.45) is 7.05 Å². The van der Waals surface area contributed by atoms with Gasteiger partial charge in [-0.1, -0.05) is 18.2 Å². The van der Waals surface area contributed by atoms with Crippen molar-refractivity contribution in [2.75, 3.05) is 0 Å². The van der Waals surface area contributed by atoms with Gasteiger partial charge in [0, 0.05) is 24.7 Å². The highest BCUT2D eigenvalue weighted by molar-refractivity contribution is 5.56. The Morgan fingerprint density at radius 1 is 1.24 bits per heavy atom. The molecule has 0 amide bonds. The number of carbonyl (C=O) groups excluding carboxylic acids is 1. The molecular weight excluding hydrogens is 216 g/mol. The van der Waals surface area contributed by atoms with Crippen molar-refractivity contribution >= 4 is 6.29 Å². The molecule has 1 aromatic carbocycles. The molecular formula is C13H13N2O2. The van der Waals surface area contributed by atoms with E-state index in [4.69, 9.17) is 0 Å². The summed E-state index contributed by atoms with van der Waals surface area (Å²) in [6, 6.07) is 9.35. The van der Waals surface area contributed by atoms with Crippen molar-refractivity contribution in [3.05, 3.63) is 51.9 Å². The van der Waals surface area contributed by atoms with Crippen LogP contribution in [0.5, 0.6) is 0 Å². The molecule has 0 unspecified atom stereocenters. The molecule has 17 heavy (non-hydrogen) atoms. The highest BCUT2D eigenvalue weighted by atomic mass is 16.1. The third-order valence-corrected chi connectivity index (χ3v) is 2.92.